The van der Waals surface area contributed by atoms with Gasteiger partial charge in [0.25, 0.3) is 0 Å². The lowest BCUT2D eigenvalue weighted by Gasteiger charge is -2.22. The summed E-state index contributed by atoms with van der Waals surface area (Å²) >= 11 is 0. The second-order valence-corrected chi connectivity index (χ2v) is 5.01. The molecule has 22 heavy (non-hydrogen) atoms. The zero-order valence-electron chi connectivity index (χ0n) is 11.8. The van der Waals surface area contributed by atoms with Crippen molar-refractivity contribution in [3.8, 4) is 5.75 Å². The van der Waals surface area contributed by atoms with Gasteiger partial charge in [-0.2, -0.15) is 13.2 Å². The zero-order chi connectivity index (χ0) is 16.2. The summed E-state index contributed by atoms with van der Waals surface area (Å²) in [5.41, 5.74) is 0.341. The Bertz CT molecular complexity index is 518. The number of rotatable bonds is 6. The standard InChI is InChI=1S/C14H17F3N2O3/c15-14(16,17)9-22-12-3-1-2-10(8-12)18-13(21)19(6-7-20)11-4-5-11/h1-3,8,11,20H,4-7,9H2,(H,18,21). The van der Waals surface area contributed by atoms with E-state index in [0.717, 1.165) is 12.8 Å². The van der Waals surface area contributed by atoms with E-state index in [1.54, 1.807) is 6.07 Å². The number of aliphatic hydroxyl groups excluding tert-OH is 1. The Morgan fingerprint density at radius 2 is 2.14 bits per heavy atom. The van der Waals surface area contributed by atoms with Gasteiger partial charge in [-0.1, -0.05) is 6.07 Å². The van der Waals surface area contributed by atoms with Crippen LogP contribution in [0.4, 0.5) is 23.7 Å². The second kappa shape index (κ2) is 6.87. The molecule has 8 heteroatoms. The molecule has 1 saturated carbocycles. The third-order valence-electron chi connectivity index (χ3n) is 3.08. The van der Waals surface area contributed by atoms with Crippen molar-refractivity contribution in [2.45, 2.75) is 25.1 Å². The molecule has 0 unspecified atom stereocenters. The summed E-state index contributed by atoms with van der Waals surface area (Å²) < 4.78 is 41.0. The maximum Gasteiger partial charge on any atom is 0.422 e. The van der Waals surface area contributed by atoms with Gasteiger partial charge in [-0.05, 0) is 25.0 Å². The Morgan fingerprint density at radius 3 is 2.73 bits per heavy atom. The summed E-state index contributed by atoms with van der Waals surface area (Å²) in [6.45, 7) is -1.30. The first kappa shape index (κ1) is 16.4. The normalized spacial score (nSPS) is 14.5. The maximum atomic E-state index is 12.1. The van der Waals surface area contributed by atoms with Gasteiger partial charge in [-0.15, -0.1) is 0 Å². The molecule has 0 bridgehead atoms. The molecular weight excluding hydrogens is 301 g/mol. The monoisotopic (exact) mass is 318 g/mol. The number of nitrogens with zero attached hydrogens (tertiary/aromatic N) is 1. The van der Waals surface area contributed by atoms with E-state index >= 15 is 0 Å². The van der Waals surface area contributed by atoms with Crippen LogP contribution < -0.4 is 10.1 Å². The fourth-order valence-corrected chi connectivity index (χ4v) is 1.97. The molecule has 1 aliphatic rings. The van der Waals surface area contributed by atoms with Crippen LogP contribution in [0.2, 0.25) is 0 Å². The van der Waals surface area contributed by atoms with Gasteiger partial charge < -0.3 is 20.1 Å². The molecule has 0 heterocycles. The molecule has 1 aromatic carbocycles. The minimum atomic E-state index is -4.41. The molecule has 0 aliphatic heterocycles. The van der Waals surface area contributed by atoms with Gasteiger partial charge in [0.05, 0.1) is 6.61 Å². The first-order valence-electron chi connectivity index (χ1n) is 6.87. The molecule has 0 spiro atoms. The van der Waals surface area contributed by atoms with Gasteiger partial charge in [-0.3, -0.25) is 0 Å². The number of alkyl halides is 3. The Balaban J connectivity index is 1.95. The van der Waals surface area contributed by atoms with Crippen molar-refractivity contribution in [2.75, 3.05) is 25.1 Å². The van der Waals surface area contributed by atoms with Crippen molar-refractivity contribution < 1.29 is 27.8 Å². The summed E-state index contributed by atoms with van der Waals surface area (Å²) in [5, 5.41) is 11.6. The van der Waals surface area contributed by atoms with Crippen LogP contribution >= 0.6 is 0 Å². The summed E-state index contributed by atoms with van der Waals surface area (Å²) in [6.07, 6.45) is -2.63. The highest BCUT2D eigenvalue weighted by molar-refractivity contribution is 5.90. The highest BCUT2D eigenvalue weighted by Crippen LogP contribution is 2.27. The van der Waals surface area contributed by atoms with E-state index in [9.17, 15) is 18.0 Å². The SMILES string of the molecule is O=C(Nc1cccc(OCC(F)(F)F)c1)N(CCO)C1CC1. The van der Waals surface area contributed by atoms with Crippen molar-refractivity contribution in [1.82, 2.24) is 4.90 Å². The summed E-state index contributed by atoms with van der Waals surface area (Å²) in [7, 11) is 0. The smallest absolute Gasteiger partial charge is 0.422 e. The van der Waals surface area contributed by atoms with Crippen molar-refractivity contribution in [2.24, 2.45) is 0 Å². The van der Waals surface area contributed by atoms with E-state index in [2.05, 4.69) is 10.1 Å². The number of amides is 2. The van der Waals surface area contributed by atoms with Crippen LogP contribution in [0.15, 0.2) is 24.3 Å². The fraction of sp³-hybridized carbons (Fsp3) is 0.500. The Morgan fingerprint density at radius 1 is 1.41 bits per heavy atom. The summed E-state index contributed by atoms with van der Waals surface area (Å²) in [5.74, 6) is 0.0234. The van der Waals surface area contributed by atoms with Gasteiger partial charge in [0.2, 0.25) is 0 Å². The lowest BCUT2D eigenvalue weighted by atomic mass is 10.3. The molecule has 2 N–H and O–H groups in total. The van der Waals surface area contributed by atoms with E-state index in [0.29, 0.717) is 5.69 Å². The van der Waals surface area contributed by atoms with Crippen LogP contribution in [0.3, 0.4) is 0 Å². The Hall–Kier alpha value is -1.96. The van der Waals surface area contributed by atoms with Crippen molar-refractivity contribution in [3.63, 3.8) is 0 Å². The van der Waals surface area contributed by atoms with E-state index in [4.69, 9.17) is 5.11 Å². The number of benzene rings is 1. The number of halogens is 3. The van der Waals surface area contributed by atoms with Crippen LogP contribution in [-0.2, 0) is 0 Å². The number of ether oxygens (including phenoxy) is 1. The van der Waals surface area contributed by atoms with Crippen LogP contribution in [0.5, 0.6) is 5.75 Å². The number of urea groups is 1. The lowest BCUT2D eigenvalue weighted by molar-refractivity contribution is -0.153. The molecule has 1 aromatic rings. The summed E-state index contributed by atoms with van der Waals surface area (Å²) in [6, 6.07) is 5.50. The van der Waals surface area contributed by atoms with E-state index in [1.807, 2.05) is 0 Å². The van der Waals surface area contributed by atoms with Gasteiger partial charge in [0, 0.05) is 24.3 Å². The second-order valence-electron chi connectivity index (χ2n) is 5.01. The van der Waals surface area contributed by atoms with Crippen LogP contribution in [0, 0.1) is 0 Å². The fourth-order valence-electron chi connectivity index (χ4n) is 1.97. The number of carbonyl (C=O) groups is 1. The molecule has 2 rings (SSSR count). The lowest BCUT2D eigenvalue weighted by Crippen LogP contribution is -2.38. The van der Waals surface area contributed by atoms with Gasteiger partial charge >= 0.3 is 12.2 Å². The number of anilines is 1. The number of aliphatic hydroxyl groups is 1. The first-order chi connectivity index (χ1) is 10.4. The highest BCUT2D eigenvalue weighted by atomic mass is 19.4. The quantitative estimate of drug-likeness (QED) is 0.847. The molecule has 0 atom stereocenters. The average molecular weight is 318 g/mol. The van der Waals surface area contributed by atoms with Gasteiger partial charge in [-0.25, -0.2) is 4.79 Å². The highest BCUT2D eigenvalue weighted by Gasteiger charge is 2.32. The Kier molecular flexibility index (Phi) is 5.12. The summed E-state index contributed by atoms with van der Waals surface area (Å²) in [4.78, 5) is 13.6. The molecule has 0 radical (unpaired) electrons. The number of nitrogens with one attached hydrogen (secondary N) is 1. The van der Waals surface area contributed by atoms with Gasteiger partial charge in [0.1, 0.15) is 5.75 Å². The average Bonchev–Trinajstić information content (AvgIpc) is 3.26. The number of hydrogen-bond acceptors (Lipinski definition) is 3. The zero-order valence-corrected chi connectivity index (χ0v) is 11.8. The first-order valence-corrected chi connectivity index (χ1v) is 6.87. The molecule has 2 amide bonds. The molecule has 122 valence electrons. The predicted molar refractivity (Wildman–Crippen MR) is 73.8 cm³/mol. The molecular formula is C14H17F3N2O3. The van der Waals surface area contributed by atoms with E-state index in [1.165, 1.54) is 23.1 Å². The topological polar surface area (TPSA) is 61.8 Å². The number of carbonyl (C=O) groups excluding carboxylic acids is 1. The number of hydrogen-bond donors (Lipinski definition) is 2. The van der Waals surface area contributed by atoms with E-state index < -0.39 is 12.8 Å². The van der Waals surface area contributed by atoms with Crippen LogP contribution in [-0.4, -0.2) is 48.0 Å². The third kappa shape index (κ3) is 5.10. The minimum absolute atomic E-state index is 0.0234. The Labute approximate surface area is 125 Å². The predicted octanol–water partition coefficient (Wildman–Crippen LogP) is 2.62. The largest absolute Gasteiger partial charge is 0.484 e. The van der Waals surface area contributed by atoms with Gasteiger partial charge in [0.15, 0.2) is 6.61 Å². The molecule has 5 nitrogen and oxygen atoms in total. The molecule has 0 aromatic heterocycles. The molecule has 1 fully saturated rings. The third-order valence-corrected chi connectivity index (χ3v) is 3.08. The van der Waals surface area contributed by atoms with Crippen molar-refractivity contribution in [1.29, 1.82) is 0 Å². The minimum Gasteiger partial charge on any atom is -0.484 e. The van der Waals surface area contributed by atoms with Crippen molar-refractivity contribution in [3.05, 3.63) is 24.3 Å². The maximum absolute atomic E-state index is 12.1. The van der Waals surface area contributed by atoms with Crippen molar-refractivity contribution >= 4 is 11.7 Å². The van der Waals surface area contributed by atoms with Crippen LogP contribution in [0.1, 0.15) is 12.8 Å². The van der Waals surface area contributed by atoms with Crippen LogP contribution in [0.25, 0.3) is 0 Å². The molecule has 0 saturated heterocycles. The molecule has 1 aliphatic carbocycles. The van der Waals surface area contributed by atoms with E-state index in [-0.39, 0.29) is 31.0 Å².